The molecule has 3 aliphatic heterocycles. The number of carbonyl (C=O) groups excluding carboxylic acids is 1. The van der Waals surface area contributed by atoms with E-state index in [0.29, 0.717) is 88.6 Å². The zero-order valence-electron chi connectivity index (χ0n) is 18.7. The van der Waals surface area contributed by atoms with Gasteiger partial charge in [0.1, 0.15) is 13.2 Å². The second-order valence-electron chi connectivity index (χ2n) is 8.11. The molecule has 0 atom stereocenters. The van der Waals surface area contributed by atoms with Gasteiger partial charge in [-0.1, -0.05) is 0 Å². The van der Waals surface area contributed by atoms with Crippen molar-refractivity contribution in [1.29, 1.82) is 0 Å². The molecule has 0 saturated carbocycles. The van der Waals surface area contributed by atoms with Crippen LogP contribution in [0.25, 0.3) is 0 Å². The minimum absolute atomic E-state index is 0.129. The topological polar surface area (TPSA) is 107 Å². The van der Waals surface area contributed by atoms with Gasteiger partial charge in [0, 0.05) is 31.7 Å². The maximum absolute atomic E-state index is 13.2. The van der Waals surface area contributed by atoms with E-state index in [9.17, 15) is 13.2 Å². The van der Waals surface area contributed by atoms with E-state index in [-0.39, 0.29) is 10.8 Å². The molecule has 0 aromatic heterocycles. The molecule has 34 heavy (non-hydrogen) atoms. The van der Waals surface area contributed by atoms with Gasteiger partial charge in [-0.25, -0.2) is 8.42 Å². The molecule has 1 N–H and O–H groups in total. The molecular weight excluding hydrogens is 462 g/mol. The second-order valence-corrected chi connectivity index (χ2v) is 10.0. The minimum atomic E-state index is -3.72. The summed E-state index contributed by atoms with van der Waals surface area (Å²) in [6, 6.07) is 9.86. The third-order valence-corrected chi connectivity index (χ3v) is 7.87. The Morgan fingerprint density at radius 2 is 1.47 bits per heavy atom. The van der Waals surface area contributed by atoms with E-state index in [1.54, 1.807) is 30.3 Å². The Balaban J connectivity index is 1.46. The van der Waals surface area contributed by atoms with Gasteiger partial charge in [0.25, 0.3) is 5.91 Å². The van der Waals surface area contributed by atoms with Crippen molar-refractivity contribution in [1.82, 2.24) is 4.31 Å². The summed E-state index contributed by atoms with van der Waals surface area (Å²) < 4.78 is 49.8. The van der Waals surface area contributed by atoms with Gasteiger partial charge < -0.3 is 29.2 Å². The smallest absolute Gasteiger partial charge is 0.255 e. The van der Waals surface area contributed by atoms with Crippen molar-refractivity contribution in [2.24, 2.45) is 0 Å². The van der Waals surface area contributed by atoms with Crippen LogP contribution in [-0.4, -0.2) is 84.5 Å². The molecule has 2 saturated heterocycles. The van der Waals surface area contributed by atoms with Crippen LogP contribution in [0.1, 0.15) is 10.4 Å². The Hall–Kier alpha value is -2.86. The summed E-state index contributed by atoms with van der Waals surface area (Å²) >= 11 is 0. The van der Waals surface area contributed by atoms with Crippen LogP contribution in [-0.2, 0) is 19.5 Å². The summed E-state index contributed by atoms with van der Waals surface area (Å²) in [5.74, 6) is 0.735. The molecule has 0 radical (unpaired) electrons. The van der Waals surface area contributed by atoms with Crippen molar-refractivity contribution in [2.45, 2.75) is 4.90 Å². The van der Waals surface area contributed by atoms with Crippen molar-refractivity contribution in [3.05, 3.63) is 42.0 Å². The van der Waals surface area contributed by atoms with Crippen LogP contribution in [0.5, 0.6) is 11.5 Å². The van der Waals surface area contributed by atoms with Gasteiger partial charge in [-0.3, -0.25) is 4.79 Å². The number of benzene rings is 2. The number of carbonyl (C=O) groups is 1. The van der Waals surface area contributed by atoms with Crippen LogP contribution in [0.4, 0.5) is 11.4 Å². The van der Waals surface area contributed by atoms with Gasteiger partial charge in [0.15, 0.2) is 11.5 Å². The summed E-state index contributed by atoms with van der Waals surface area (Å²) in [7, 11) is -3.72. The molecule has 3 aliphatic rings. The zero-order valence-corrected chi connectivity index (χ0v) is 19.5. The first-order valence-corrected chi connectivity index (χ1v) is 12.7. The molecule has 1 amide bonds. The number of hydrogen-bond donors (Lipinski definition) is 1. The maximum Gasteiger partial charge on any atom is 0.255 e. The first kappa shape index (κ1) is 22.9. The maximum atomic E-state index is 13.2. The Morgan fingerprint density at radius 3 is 2.21 bits per heavy atom. The molecule has 2 aromatic carbocycles. The Kier molecular flexibility index (Phi) is 6.59. The molecule has 182 valence electrons. The fourth-order valence-corrected chi connectivity index (χ4v) is 5.61. The average Bonchev–Trinajstić information content (AvgIpc) is 2.89. The van der Waals surface area contributed by atoms with Gasteiger partial charge in [-0.2, -0.15) is 4.31 Å². The lowest BCUT2D eigenvalue weighted by molar-refractivity contribution is 0.0730. The van der Waals surface area contributed by atoms with Crippen molar-refractivity contribution in [2.75, 3.05) is 76.0 Å². The van der Waals surface area contributed by atoms with Gasteiger partial charge >= 0.3 is 0 Å². The van der Waals surface area contributed by atoms with Gasteiger partial charge in [0.05, 0.1) is 42.7 Å². The van der Waals surface area contributed by atoms with Gasteiger partial charge in [0.2, 0.25) is 10.0 Å². The lowest BCUT2D eigenvalue weighted by Gasteiger charge is -2.31. The van der Waals surface area contributed by atoms with E-state index in [4.69, 9.17) is 18.9 Å². The number of ether oxygens (including phenoxy) is 4. The van der Waals surface area contributed by atoms with E-state index in [0.717, 1.165) is 5.69 Å². The Morgan fingerprint density at radius 1 is 0.794 bits per heavy atom. The number of anilines is 2. The van der Waals surface area contributed by atoms with Gasteiger partial charge in [-0.05, 0) is 36.4 Å². The normalized spacial score (nSPS) is 19.0. The molecule has 5 rings (SSSR count). The highest BCUT2D eigenvalue weighted by molar-refractivity contribution is 7.89. The van der Waals surface area contributed by atoms with Crippen molar-refractivity contribution >= 4 is 27.3 Å². The summed E-state index contributed by atoms with van der Waals surface area (Å²) in [5.41, 5.74) is 1.56. The fourth-order valence-electron chi connectivity index (χ4n) is 4.17. The van der Waals surface area contributed by atoms with Gasteiger partial charge in [-0.15, -0.1) is 0 Å². The number of sulfonamides is 1. The first-order chi connectivity index (χ1) is 16.5. The highest BCUT2D eigenvalue weighted by atomic mass is 32.2. The molecule has 10 nitrogen and oxygen atoms in total. The van der Waals surface area contributed by atoms with Crippen molar-refractivity contribution in [3.8, 4) is 11.5 Å². The van der Waals surface area contributed by atoms with E-state index in [2.05, 4.69) is 10.2 Å². The summed E-state index contributed by atoms with van der Waals surface area (Å²) in [5, 5.41) is 2.92. The number of hydrogen-bond acceptors (Lipinski definition) is 8. The molecule has 3 heterocycles. The highest BCUT2D eigenvalue weighted by Crippen LogP contribution is 2.33. The highest BCUT2D eigenvalue weighted by Gasteiger charge is 2.28. The predicted molar refractivity (Wildman–Crippen MR) is 124 cm³/mol. The van der Waals surface area contributed by atoms with E-state index in [1.165, 1.54) is 10.4 Å². The number of morpholine rings is 2. The quantitative estimate of drug-likeness (QED) is 0.675. The summed E-state index contributed by atoms with van der Waals surface area (Å²) in [6.45, 7) is 4.60. The first-order valence-electron chi connectivity index (χ1n) is 11.3. The summed E-state index contributed by atoms with van der Waals surface area (Å²) in [4.78, 5) is 15.4. The largest absolute Gasteiger partial charge is 0.486 e. The fraction of sp³-hybridized carbons (Fsp3) is 0.435. The second kappa shape index (κ2) is 9.79. The minimum Gasteiger partial charge on any atom is -0.486 e. The third-order valence-electron chi connectivity index (χ3n) is 5.98. The van der Waals surface area contributed by atoms with E-state index < -0.39 is 10.0 Å². The van der Waals surface area contributed by atoms with E-state index >= 15 is 0 Å². The van der Waals surface area contributed by atoms with Crippen LogP contribution in [0.2, 0.25) is 0 Å². The van der Waals surface area contributed by atoms with Crippen molar-refractivity contribution in [3.63, 3.8) is 0 Å². The van der Waals surface area contributed by atoms with Crippen LogP contribution >= 0.6 is 0 Å². The summed E-state index contributed by atoms with van der Waals surface area (Å²) in [6.07, 6.45) is 0. The predicted octanol–water partition coefficient (Wildman–Crippen LogP) is 1.57. The lowest BCUT2D eigenvalue weighted by Crippen LogP contribution is -2.40. The van der Waals surface area contributed by atoms with E-state index in [1.807, 2.05) is 0 Å². The molecule has 2 aromatic rings. The number of fused-ring (bicyclic) bond motifs is 1. The third kappa shape index (κ3) is 4.69. The molecule has 0 bridgehead atoms. The lowest BCUT2D eigenvalue weighted by atomic mass is 10.1. The van der Waals surface area contributed by atoms with Crippen LogP contribution in [0, 0.1) is 0 Å². The van der Waals surface area contributed by atoms with Crippen LogP contribution in [0.3, 0.4) is 0 Å². The van der Waals surface area contributed by atoms with Crippen LogP contribution in [0.15, 0.2) is 41.3 Å². The number of nitrogens with one attached hydrogen (secondary N) is 1. The molecule has 0 aliphatic carbocycles. The molecule has 11 heteroatoms. The van der Waals surface area contributed by atoms with Crippen LogP contribution < -0.4 is 19.7 Å². The van der Waals surface area contributed by atoms with Crippen molar-refractivity contribution < 1.29 is 32.2 Å². The number of amides is 1. The zero-order chi connectivity index (χ0) is 23.5. The average molecular weight is 490 g/mol. The molecule has 0 spiro atoms. The number of nitrogens with zero attached hydrogens (tertiary/aromatic N) is 2. The Labute approximate surface area is 198 Å². The monoisotopic (exact) mass is 489 g/mol. The molecule has 0 unspecified atom stereocenters. The Bertz CT molecular complexity index is 1160. The molecular formula is C23H27N3O7S. The molecule has 2 fully saturated rings. The standard InChI is InChI=1S/C23H27N3O7S/c27-23(17-1-4-21-22(15-17)33-14-13-32-21)24-19-16-18(34(28,29)26-7-11-31-12-8-26)2-3-20(19)25-5-9-30-10-6-25/h1-4,15-16H,5-14H2,(H,24,27). The SMILES string of the molecule is O=C(Nc1cc(S(=O)(=O)N2CCOCC2)ccc1N1CCOCC1)c1ccc2c(c1)OCCO2. The number of rotatable bonds is 5.